The molecule has 204 valence electrons. The number of aliphatic hydroxyl groups excluding tert-OH is 3. The first-order valence-corrected chi connectivity index (χ1v) is 15.0. The quantitative estimate of drug-likeness (QED) is 0.216. The van der Waals surface area contributed by atoms with Crippen LogP contribution in [-0.4, -0.2) is 57.1 Å². The van der Waals surface area contributed by atoms with Crippen molar-refractivity contribution < 1.29 is 24.8 Å². The number of thiazole rings is 1. The molecular formula is C30H30ClNO5S2. The van der Waals surface area contributed by atoms with Crippen LogP contribution < -0.4 is 4.74 Å². The highest BCUT2D eigenvalue weighted by Crippen LogP contribution is 2.37. The lowest BCUT2D eigenvalue weighted by molar-refractivity contribution is -0.218. The molecule has 2 heterocycles. The van der Waals surface area contributed by atoms with Gasteiger partial charge >= 0.3 is 0 Å². The lowest BCUT2D eigenvalue weighted by Crippen LogP contribution is -2.54. The molecular weight excluding hydrogens is 554 g/mol. The van der Waals surface area contributed by atoms with Gasteiger partial charge in [-0.2, -0.15) is 0 Å². The Morgan fingerprint density at radius 3 is 2.49 bits per heavy atom. The van der Waals surface area contributed by atoms with Crippen molar-refractivity contribution in [3.05, 3.63) is 99.9 Å². The third-order valence-electron chi connectivity index (χ3n) is 6.66. The number of hydrogen-bond donors (Lipinski definition) is 3. The molecule has 1 aromatic heterocycles. The number of nitrogens with zero attached hydrogens (tertiary/aromatic N) is 1. The topological polar surface area (TPSA) is 92.0 Å². The number of rotatable bonds is 9. The van der Waals surface area contributed by atoms with Crippen molar-refractivity contribution >= 4 is 34.7 Å². The maximum Gasteiger partial charge on any atom is 0.150 e. The molecule has 1 saturated heterocycles. The van der Waals surface area contributed by atoms with Gasteiger partial charge in [-0.3, -0.25) is 0 Å². The summed E-state index contributed by atoms with van der Waals surface area (Å²) in [7, 11) is 0. The highest BCUT2D eigenvalue weighted by Gasteiger charge is 2.44. The predicted molar refractivity (Wildman–Crippen MR) is 156 cm³/mol. The molecule has 9 heteroatoms. The van der Waals surface area contributed by atoms with E-state index in [-0.39, 0.29) is 0 Å². The summed E-state index contributed by atoms with van der Waals surface area (Å²) in [5.74, 6) is 1.18. The number of benzene rings is 3. The predicted octanol–water partition coefficient (Wildman–Crippen LogP) is 5.77. The Labute approximate surface area is 241 Å². The number of halogens is 1. The molecule has 4 aromatic rings. The van der Waals surface area contributed by atoms with Gasteiger partial charge in [-0.05, 0) is 48.2 Å². The Balaban J connectivity index is 1.29. The standard InChI is InChI=1S/C30H30ClNO5S2/c1-2-36-22-11-8-18(9-12-22)14-21-15-20(10-13-23(21)31)29-28(35)27(34)26(33)25(37-29)17-39-30-32-24(16-38-30)19-6-4-3-5-7-19/h3-13,15-16,25-29,33-35H,2,14,17H2,1H3/t25-,26-,27+,28-,29+/m1/s1. The van der Waals surface area contributed by atoms with Crippen LogP contribution in [0.4, 0.5) is 0 Å². The molecule has 0 aliphatic carbocycles. The lowest BCUT2D eigenvalue weighted by atomic mass is 9.90. The van der Waals surface area contributed by atoms with E-state index in [1.807, 2.05) is 73.0 Å². The fraction of sp³-hybridized carbons (Fsp3) is 0.300. The van der Waals surface area contributed by atoms with Crippen LogP contribution in [0.15, 0.2) is 82.5 Å². The molecule has 6 nitrogen and oxygen atoms in total. The van der Waals surface area contributed by atoms with E-state index in [0.29, 0.717) is 29.4 Å². The van der Waals surface area contributed by atoms with Gasteiger partial charge in [0.05, 0.1) is 18.4 Å². The fourth-order valence-corrected chi connectivity index (χ4v) is 6.68. The zero-order valence-corrected chi connectivity index (χ0v) is 23.7. The lowest BCUT2D eigenvalue weighted by Gasteiger charge is -2.41. The molecule has 1 aliphatic rings. The number of aromatic nitrogens is 1. The molecule has 5 atom stereocenters. The van der Waals surface area contributed by atoms with Gasteiger partial charge in [-0.1, -0.05) is 78.0 Å². The second kappa shape index (κ2) is 12.8. The number of ether oxygens (including phenoxy) is 2. The molecule has 3 N–H and O–H groups in total. The smallest absolute Gasteiger partial charge is 0.150 e. The summed E-state index contributed by atoms with van der Waals surface area (Å²) in [6.45, 7) is 2.55. The van der Waals surface area contributed by atoms with Gasteiger partial charge in [-0.25, -0.2) is 4.98 Å². The maximum absolute atomic E-state index is 10.8. The van der Waals surface area contributed by atoms with Crippen molar-refractivity contribution in [1.82, 2.24) is 4.98 Å². The first kappa shape index (κ1) is 28.1. The van der Waals surface area contributed by atoms with Crippen LogP contribution in [-0.2, 0) is 11.2 Å². The summed E-state index contributed by atoms with van der Waals surface area (Å²) in [6, 6.07) is 23.2. The molecule has 1 aliphatic heterocycles. The molecule has 5 rings (SSSR count). The van der Waals surface area contributed by atoms with Crippen molar-refractivity contribution in [2.45, 2.75) is 48.2 Å². The molecule has 3 aromatic carbocycles. The minimum Gasteiger partial charge on any atom is -0.494 e. The van der Waals surface area contributed by atoms with Crippen LogP contribution in [0.25, 0.3) is 11.3 Å². The van der Waals surface area contributed by atoms with Crippen LogP contribution >= 0.6 is 34.7 Å². The van der Waals surface area contributed by atoms with Gasteiger partial charge in [0.1, 0.15) is 30.2 Å². The van der Waals surface area contributed by atoms with Crippen LogP contribution in [0, 0.1) is 0 Å². The van der Waals surface area contributed by atoms with E-state index in [2.05, 4.69) is 4.98 Å². The van der Waals surface area contributed by atoms with E-state index in [1.165, 1.54) is 23.1 Å². The van der Waals surface area contributed by atoms with Crippen LogP contribution in [0.3, 0.4) is 0 Å². The van der Waals surface area contributed by atoms with Crippen LogP contribution in [0.1, 0.15) is 29.7 Å². The molecule has 0 spiro atoms. The average Bonchev–Trinajstić information content (AvgIpc) is 3.44. The molecule has 0 saturated carbocycles. The van der Waals surface area contributed by atoms with Gasteiger partial charge < -0.3 is 24.8 Å². The molecule has 1 fully saturated rings. The second-order valence-electron chi connectivity index (χ2n) is 9.35. The normalized spacial score (nSPS) is 23.1. The Morgan fingerprint density at radius 1 is 0.974 bits per heavy atom. The van der Waals surface area contributed by atoms with Crippen molar-refractivity contribution in [2.75, 3.05) is 12.4 Å². The van der Waals surface area contributed by atoms with Gasteiger partial charge in [-0.15, -0.1) is 11.3 Å². The third kappa shape index (κ3) is 6.66. The highest BCUT2D eigenvalue weighted by molar-refractivity contribution is 8.01. The minimum atomic E-state index is -1.35. The molecule has 0 unspecified atom stereocenters. The van der Waals surface area contributed by atoms with E-state index in [0.717, 1.165) is 32.5 Å². The van der Waals surface area contributed by atoms with Gasteiger partial charge in [0.2, 0.25) is 0 Å². The SMILES string of the molecule is CCOc1ccc(Cc2cc([C@@H]3O[C@H](CSc4nc(-c5ccccc5)cs4)[C@@H](O)[C@H](O)[C@H]3O)ccc2Cl)cc1. The van der Waals surface area contributed by atoms with E-state index in [1.54, 1.807) is 12.1 Å². The van der Waals surface area contributed by atoms with E-state index in [9.17, 15) is 15.3 Å². The van der Waals surface area contributed by atoms with Crippen molar-refractivity contribution in [2.24, 2.45) is 0 Å². The van der Waals surface area contributed by atoms with Crippen LogP contribution in [0.5, 0.6) is 5.75 Å². The summed E-state index contributed by atoms with van der Waals surface area (Å²) < 4.78 is 12.6. The largest absolute Gasteiger partial charge is 0.494 e. The van der Waals surface area contributed by atoms with Gasteiger partial charge in [0.25, 0.3) is 0 Å². The number of hydrogen-bond acceptors (Lipinski definition) is 8. The summed E-state index contributed by atoms with van der Waals surface area (Å²) in [5, 5.41) is 34.8. The Hall–Kier alpha value is -2.43. The zero-order chi connectivity index (χ0) is 27.4. The van der Waals surface area contributed by atoms with Crippen molar-refractivity contribution in [3.8, 4) is 17.0 Å². The summed E-state index contributed by atoms with van der Waals surface area (Å²) in [4.78, 5) is 4.69. The van der Waals surface area contributed by atoms with Crippen molar-refractivity contribution in [3.63, 3.8) is 0 Å². The zero-order valence-electron chi connectivity index (χ0n) is 21.3. The molecule has 39 heavy (non-hydrogen) atoms. The summed E-state index contributed by atoms with van der Waals surface area (Å²) in [6.07, 6.45) is -4.80. The van der Waals surface area contributed by atoms with Gasteiger partial charge in [0, 0.05) is 21.7 Å². The molecule has 0 amide bonds. The molecule has 0 bridgehead atoms. The second-order valence-corrected chi connectivity index (χ2v) is 11.9. The molecule has 0 radical (unpaired) electrons. The minimum absolute atomic E-state index is 0.371. The monoisotopic (exact) mass is 583 g/mol. The van der Waals surface area contributed by atoms with Crippen molar-refractivity contribution in [1.29, 1.82) is 0 Å². The first-order chi connectivity index (χ1) is 18.9. The van der Waals surface area contributed by atoms with Crippen LogP contribution in [0.2, 0.25) is 5.02 Å². The van der Waals surface area contributed by atoms with E-state index >= 15 is 0 Å². The highest BCUT2D eigenvalue weighted by atomic mass is 35.5. The van der Waals surface area contributed by atoms with E-state index < -0.39 is 30.5 Å². The third-order valence-corrected chi connectivity index (χ3v) is 9.14. The average molecular weight is 584 g/mol. The summed E-state index contributed by atoms with van der Waals surface area (Å²) >= 11 is 9.50. The van der Waals surface area contributed by atoms with E-state index in [4.69, 9.17) is 21.1 Å². The summed E-state index contributed by atoms with van der Waals surface area (Å²) in [5.41, 5.74) is 4.55. The maximum atomic E-state index is 10.8. The first-order valence-electron chi connectivity index (χ1n) is 12.8. The Kier molecular flexibility index (Phi) is 9.25. The van der Waals surface area contributed by atoms with Gasteiger partial charge in [0.15, 0.2) is 4.34 Å². The Morgan fingerprint density at radius 2 is 1.74 bits per heavy atom. The number of aliphatic hydroxyl groups is 3. The fourth-order valence-electron chi connectivity index (χ4n) is 4.58. The Bertz CT molecular complexity index is 1370. The number of thioether (sulfide) groups is 1.